The third-order valence-electron chi connectivity index (χ3n) is 5.34. The van der Waals surface area contributed by atoms with Gasteiger partial charge in [-0.05, 0) is 42.4 Å². The highest BCUT2D eigenvalue weighted by Crippen LogP contribution is 2.52. The lowest BCUT2D eigenvalue weighted by atomic mass is 9.88. The Morgan fingerprint density at radius 3 is 2.52 bits per heavy atom. The van der Waals surface area contributed by atoms with Crippen molar-refractivity contribution in [1.29, 1.82) is 0 Å². The molecule has 0 spiro atoms. The van der Waals surface area contributed by atoms with Crippen LogP contribution in [0, 0.1) is 5.92 Å². The summed E-state index contributed by atoms with van der Waals surface area (Å²) in [6, 6.07) is 4.09. The van der Waals surface area contributed by atoms with Gasteiger partial charge in [0.1, 0.15) is 11.5 Å². The smallest absolute Gasteiger partial charge is 0.153 e. The molecule has 132 valence electrons. The van der Waals surface area contributed by atoms with Crippen LogP contribution in [0.25, 0.3) is 5.57 Å². The maximum Gasteiger partial charge on any atom is 0.153 e. The first kappa shape index (κ1) is 17.5. The molecule has 1 fully saturated rings. The molecule has 0 amide bonds. The summed E-state index contributed by atoms with van der Waals surface area (Å²) < 4.78 is 11.3. The molecule has 0 N–H and O–H groups in total. The van der Waals surface area contributed by atoms with Gasteiger partial charge in [-0.1, -0.05) is 38.2 Å². The highest BCUT2D eigenvalue weighted by Gasteiger charge is 2.42. The van der Waals surface area contributed by atoms with Gasteiger partial charge in [-0.15, -0.1) is 0 Å². The Hall–Kier alpha value is -2.29. The summed E-state index contributed by atoms with van der Waals surface area (Å²) in [6.07, 6.45) is 12.4. The zero-order valence-electron chi connectivity index (χ0n) is 15.5. The number of ether oxygens (including phenoxy) is 2. The van der Waals surface area contributed by atoms with Crippen molar-refractivity contribution in [2.24, 2.45) is 5.92 Å². The van der Waals surface area contributed by atoms with Crippen molar-refractivity contribution >= 4 is 11.9 Å². The van der Waals surface area contributed by atoms with Crippen LogP contribution in [-0.2, 0) is 10.2 Å². The fourth-order valence-corrected chi connectivity index (χ4v) is 3.54. The lowest BCUT2D eigenvalue weighted by Gasteiger charge is -2.22. The quantitative estimate of drug-likeness (QED) is 0.703. The summed E-state index contributed by atoms with van der Waals surface area (Å²) in [6.45, 7) is 4.39. The van der Waals surface area contributed by atoms with Crippen LogP contribution in [0.15, 0.2) is 42.2 Å². The summed E-state index contributed by atoms with van der Waals surface area (Å²) >= 11 is 0. The van der Waals surface area contributed by atoms with E-state index in [4.69, 9.17) is 9.47 Å². The molecule has 1 unspecified atom stereocenters. The first-order chi connectivity index (χ1) is 12.0. The summed E-state index contributed by atoms with van der Waals surface area (Å²) in [4.78, 5) is 11.7. The minimum atomic E-state index is 0.101. The van der Waals surface area contributed by atoms with Crippen molar-refractivity contribution in [3.8, 4) is 5.75 Å². The average molecular weight is 338 g/mol. The van der Waals surface area contributed by atoms with Crippen molar-refractivity contribution in [1.82, 2.24) is 0 Å². The Morgan fingerprint density at radius 1 is 1.16 bits per heavy atom. The molecule has 0 heterocycles. The van der Waals surface area contributed by atoms with E-state index in [9.17, 15) is 4.79 Å². The predicted octanol–water partition coefficient (Wildman–Crippen LogP) is 5.07. The molecule has 1 aromatic carbocycles. The summed E-state index contributed by atoms with van der Waals surface area (Å²) in [5, 5.41) is 0. The van der Waals surface area contributed by atoms with E-state index in [2.05, 4.69) is 38.1 Å². The van der Waals surface area contributed by atoms with Crippen LogP contribution < -0.4 is 4.74 Å². The highest BCUT2D eigenvalue weighted by molar-refractivity contribution is 5.86. The topological polar surface area (TPSA) is 35.5 Å². The second kappa shape index (κ2) is 6.91. The van der Waals surface area contributed by atoms with E-state index in [1.807, 2.05) is 12.1 Å². The molecule has 25 heavy (non-hydrogen) atoms. The van der Waals surface area contributed by atoms with Gasteiger partial charge in [0.15, 0.2) is 6.29 Å². The molecule has 3 nitrogen and oxygen atoms in total. The molecule has 2 aliphatic carbocycles. The minimum Gasteiger partial charge on any atom is -0.500 e. The maximum atomic E-state index is 11.7. The van der Waals surface area contributed by atoms with E-state index in [0.717, 1.165) is 48.0 Å². The molecule has 0 saturated heterocycles. The van der Waals surface area contributed by atoms with Crippen LogP contribution >= 0.6 is 0 Å². The number of allylic oxidation sites excluding steroid dienone is 6. The van der Waals surface area contributed by atoms with Crippen LogP contribution in [0.5, 0.6) is 5.75 Å². The van der Waals surface area contributed by atoms with Crippen LogP contribution in [0.4, 0.5) is 0 Å². The minimum absolute atomic E-state index is 0.101. The van der Waals surface area contributed by atoms with E-state index < -0.39 is 0 Å². The van der Waals surface area contributed by atoms with Gasteiger partial charge < -0.3 is 9.47 Å². The fraction of sp³-hybridized carbons (Fsp3) is 0.409. The first-order valence-corrected chi connectivity index (χ1v) is 8.83. The number of hydrogen-bond acceptors (Lipinski definition) is 3. The summed E-state index contributed by atoms with van der Waals surface area (Å²) in [5.41, 5.74) is 3.88. The van der Waals surface area contributed by atoms with Gasteiger partial charge in [-0.25, -0.2) is 0 Å². The largest absolute Gasteiger partial charge is 0.500 e. The van der Waals surface area contributed by atoms with Crippen molar-refractivity contribution < 1.29 is 14.3 Å². The molecule has 0 aromatic heterocycles. The average Bonchev–Trinajstić information content (AvgIpc) is 3.35. The van der Waals surface area contributed by atoms with Crippen LogP contribution in [0.2, 0.25) is 0 Å². The SMILES string of the molecule is COC1=C(c2cc(C=O)c(OC)c(C3(C)CC3)c2)C=CC=CCC1C. The van der Waals surface area contributed by atoms with Gasteiger partial charge in [0.2, 0.25) is 0 Å². The number of carbonyl (C=O) groups is 1. The third-order valence-corrected chi connectivity index (χ3v) is 5.34. The van der Waals surface area contributed by atoms with Crippen LogP contribution in [-0.4, -0.2) is 20.5 Å². The van der Waals surface area contributed by atoms with Gasteiger partial charge in [-0.3, -0.25) is 4.79 Å². The number of rotatable bonds is 5. The Kier molecular flexibility index (Phi) is 4.85. The Labute approximate surface area is 150 Å². The van der Waals surface area contributed by atoms with E-state index in [0.29, 0.717) is 11.3 Å². The van der Waals surface area contributed by atoms with Crippen molar-refractivity contribution in [3.05, 3.63) is 58.9 Å². The number of benzene rings is 1. The lowest BCUT2D eigenvalue weighted by molar-refractivity contribution is 0.112. The summed E-state index contributed by atoms with van der Waals surface area (Å²) in [5.74, 6) is 1.94. The third kappa shape index (κ3) is 3.28. The first-order valence-electron chi connectivity index (χ1n) is 8.83. The second-order valence-corrected chi connectivity index (χ2v) is 7.23. The predicted molar refractivity (Wildman–Crippen MR) is 101 cm³/mol. The number of hydrogen-bond donors (Lipinski definition) is 0. The van der Waals surface area contributed by atoms with Crippen molar-refractivity contribution in [3.63, 3.8) is 0 Å². The highest BCUT2D eigenvalue weighted by atomic mass is 16.5. The molecule has 1 aromatic rings. The maximum absolute atomic E-state index is 11.7. The van der Waals surface area contributed by atoms with Crippen molar-refractivity contribution in [2.45, 2.75) is 38.5 Å². The molecule has 0 aliphatic heterocycles. The molecule has 2 aliphatic rings. The van der Waals surface area contributed by atoms with E-state index in [-0.39, 0.29) is 11.3 Å². The van der Waals surface area contributed by atoms with Gasteiger partial charge in [-0.2, -0.15) is 0 Å². The standard InChI is InChI=1S/C22H26O3/c1-15-8-6-5-7-9-18(20(15)24-3)16-12-17(14-23)21(25-4)19(13-16)22(2)10-11-22/h5-7,9,12-15H,8,10-11H2,1-4H3. The number of aldehydes is 1. The van der Waals surface area contributed by atoms with E-state index in [1.54, 1.807) is 14.2 Å². The molecular weight excluding hydrogens is 312 g/mol. The fourth-order valence-electron chi connectivity index (χ4n) is 3.54. The van der Waals surface area contributed by atoms with Gasteiger partial charge in [0, 0.05) is 17.1 Å². The molecule has 0 radical (unpaired) electrons. The Balaban J connectivity index is 2.23. The van der Waals surface area contributed by atoms with Gasteiger partial charge >= 0.3 is 0 Å². The zero-order chi connectivity index (χ0) is 18.0. The Bertz CT molecular complexity index is 764. The van der Waals surface area contributed by atoms with E-state index in [1.165, 1.54) is 0 Å². The molecule has 1 saturated carbocycles. The second-order valence-electron chi connectivity index (χ2n) is 7.23. The van der Waals surface area contributed by atoms with Crippen molar-refractivity contribution in [2.75, 3.05) is 14.2 Å². The van der Waals surface area contributed by atoms with Crippen LogP contribution in [0.3, 0.4) is 0 Å². The number of carbonyl (C=O) groups excluding carboxylic acids is 1. The molecule has 3 heteroatoms. The van der Waals surface area contributed by atoms with E-state index >= 15 is 0 Å². The van der Waals surface area contributed by atoms with Gasteiger partial charge in [0.05, 0.1) is 19.8 Å². The van der Waals surface area contributed by atoms with Gasteiger partial charge in [0.25, 0.3) is 0 Å². The zero-order valence-corrected chi connectivity index (χ0v) is 15.5. The molecule has 1 atom stereocenters. The molecule has 0 bridgehead atoms. The van der Waals surface area contributed by atoms with Crippen LogP contribution in [0.1, 0.15) is 54.6 Å². The normalized spacial score (nSPS) is 21.5. The monoisotopic (exact) mass is 338 g/mol. The molecule has 3 rings (SSSR count). The molecular formula is C22H26O3. The Morgan fingerprint density at radius 2 is 1.92 bits per heavy atom. The lowest BCUT2D eigenvalue weighted by Crippen LogP contribution is -2.09. The number of methoxy groups -OCH3 is 2. The summed E-state index contributed by atoms with van der Waals surface area (Å²) in [7, 11) is 3.36.